The maximum atomic E-state index is 4.87. The molecule has 1 aliphatic rings. The number of rotatable bonds is 3. The summed E-state index contributed by atoms with van der Waals surface area (Å²) in [4.78, 5) is 7.36. The second-order valence-electron chi connectivity index (χ2n) is 5.76. The van der Waals surface area contributed by atoms with Gasteiger partial charge in [0.05, 0.1) is 5.52 Å². The van der Waals surface area contributed by atoms with E-state index in [1.54, 1.807) is 0 Å². The number of aryl methyl sites for hydroxylation is 2. The Morgan fingerprint density at radius 3 is 2.64 bits per heavy atom. The van der Waals surface area contributed by atoms with Gasteiger partial charge >= 0.3 is 0 Å². The summed E-state index contributed by atoms with van der Waals surface area (Å²) in [7, 11) is 0. The second-order valence-corrected chi connectivity index (χ2v) is 6.62. The molecule has 22 heavy (non-hydrogen) atoms. The van der Waals surface area contributed by atoms with Crippen LogP contribution < -0.4 is 10.2 Å². The summed E-state index contributed by atoms with van der Waals surface area (Å²) in [6.07, 6.45) is 2.17. The highest BCUT2D eigenvalue weighted by atomic mass is 79.9. The van der Waals surface area contributed by atoms with Crippen LogP contribution in [0, 0.1) is 6.92 Å². The standard InChI is InChI=1S/C17H22BrN3.ClH/c1-3-4-13-11-16(21-7-5-19-6-8-21)14-9-12(2)10-15(18)17(14)20-13;/h9-11,19H,3-8H2,1-2H3;1H. The number of pyridine rings is 1. The van der Waals surface area contributed by atoms with E-state index in [-0.39, 0.29) is 12.4 Å². The number of benzene rings is 1. The van der Waals surface area contributed by atoms with E-state index in [4.69, 9.17) is 4.98 Å². The zero-order valence-corrected chi connectivity index (χ0v) is 15.6. The molecule has 1 aliphatic heterocycles. The first-order valence-corrected chi connectivity index (χ1v) is 8.54. The fourth-order valence-electron chi connectivity index (χ4n) is 3.01. The molecule has 0 amide bonds. The first-order valence-electron chi connectivity index (χ1n) is 7.74. The number of hydrogen-bond donors (Lipinski definition) is 1. The Bertz CT molecular complexity index is 654. The average molecular weight is 385 g/mol. The number of nitrogens with zero attached hydrogens (tertiary/aromatic N) is 2. The van der Waals surface area contributed by atoms with Crippen LogP contribution in [0.2, 0.25) is 0 Å². The summed E-state index contributed by atoms with van der Waals surface area (Å²) in [5.41, 5.74) is 4.91. The minimum absolute atomic E-state index is 0. The van der Waals surface area contributed by atoms with Crippen LogP contribution in [-0.4, -0.2) is 31.2 Å². The SMILES string of the molecule is CCCc1cc(N2CCNCC2)c2cc(C)cc(Br)c2n1.Cl. The Balaban J connectivity index is 0.00000176. The van der Waals surface area contributed by atoms with Crippen molar-refractivity contribution in [3.05, 3.63) is 33.9 Å². The topological polar surface area (TPSA) is 28.2 Å². The average Bonchev–Trinajstić information content (AvgIpc) is 2.48. The molecule has 0 spiro atoms. The van der Waals surface area contributed by atoms with Crippen LogP contribution in [0.5, 0.6) is 0 Å². The van der Waals surface area contributed by atoms with Crippen LogP contribution in [-0.2, 0) is 6.42 Å². The molecule has 1 fully saturated rings. The van der Waals surface area contributed by atoms with Gasteiger partial charge in [-0.1, -0.05) is 13.3 Å². The van der Waals surface area contributed by atoms with Crippen molar-refractivity contribution in [3.8, 4) is 0 Å². The van der Waals surface area contributed by atoms with Gasteiger partial charge in [0.15, 0.2) is 0 Å². The molecule has 1 N–H and O–H groups in total. The molecule has 1 saturated heterocycles. The highest BCUT2D eigenvalue weighted by Gasteiger charge is 2.16. The van der Waals surface area contributed by atoms with Crippen molar-refractivity contribution >= 4 is 44.9 Å². The molecule has 5 heteroatoms. The molecule has 0 radical (unpaired) electrons. The third-order valence-electron chi connectivity index (χ3n) is 4.01. The van der Waals surface area contributed by atoms with E-state index in [1.807, 2.05) is 0 Å². The Morgan fingerprint density at radius 1 is 1.23 bits per heavy atom. The summed E-state index contributed by atoms with van der Waals surface area (Å²) >= 11 is 3.70. The van der Waals surface area contributed by atoms with E-state index in [1.165, 1.54) is 22.3 Å². The van der Waals surface area contributed by atoms with Crippen LogP contribution in [0.4, 0.5) is 5.69 Å². The molecular formula is C17H23BrClN3. The van der Waals surface area contributed by atoms with Gasteiger partial charge in [-0.05, 0) is 53.0 Å². The van der Waals surface area contributed by atoms with E-state index >= 15 is 0 Å². The molecule has 0 aliphatic carbocycles. The van der Waals surface area contributed by atoms with Crippen molar-refractivity contribution in [2.75, 3.05) is 31.1 Å². The predicted molar refractivity (Wildman–Crippen MR) is 101 cm³/mol. The van der Waals surface area contributed by atoms with Crippen molar-refractivity contribution in [1.29, 1.82) is 0 Å². The summed E-state index contributed by atoms with van der Waals surface area (Å²) < 4.78 is 1.10. The largest absolute Gasteiger partial charge is 0.368 e. The Labute approximate surface area is 147 Å². The van der Waals surface area contributed by atoms with Crippen LogP contribution >= 0.6 is 28.3 Å². The highest BCUT2D eigenvalue weighted by molar-refractivity contribution is 9.10. The third kappa shape index (κ3) is 3.55. The zero-order chi connectivity index (χ0) is 14.8. The van der Waals surface area contributed by atoms with Crippen LogP contribution in [0.1, 0.15) is 24.6 Å². The predicted octanol–water partition coefficient (Wildman–Crippen LogP) is 4.09. The third-order valence-corrected chi connectivity index (χ3v) is 4.61. The number of aromatic nitrogens is 1. The molecule has 0 bridgehead atoms. The fraction of sp³-hybridized carbons (Fsp3) is 0.471. The van der Waals surface area contributed by atoms with E-state index in [2.05, 4.69) is 58.2 Å². The molecule has 2 aromatic rings. The lowest BCUT2D eigenvalue weighted by atomic mass is 10.1. The minimum atomic E-state index is 0. The molecule has 1 aromatic heterocycles. The lowest BCUT2D eigenvalue weighted by molar-refractivity contribution is 0.590. The second kappa shape index (κ2) is 7.62. The lowest BCUT2D eigenvalue weighted by Crippen LogP contribution is -2.43. The summed E-state index contributed by atoms with van der Waals surface area (Å²) in [6, 6.07) is 6.72. The van der Waals surface area contributed by atoms with Gasteiger partial charge in [0, 0.05) is 47.4 Å². The van der Waals surface area contributed by atoms with Crippen molar-refractivity contribution in [1.82, 2.24) is 10.3 Å². The summed E-state index contributed by atoms with van der Waals surface area (Å²) in [5, 5.41) is 4.70. The smallest absolute Gasteiger partial charge is 0.0868 e. The molecule has 0 saturated carbocycles. The van der Waals surface area contributed by atoms with Gasteiger partial charge in [0.2, 0.25) is 0 Å². The van der Waals surface area contributed by atoms with Crippen molar-refractivity contribution in [3.63, 3.8) is 0 Å². The fourth-order valence-corrected chi connectivity index (χ4v) is 3.67. The van der Waals surface area contributed by atoms with E-state index in [0.29, 0.717) is 0 Å². The van der Waals surface area contributed by atoms with Crippen molar-refractivity contribution in [2.24, 2.45) is 0 Å². The van der Waals surface area contributed by atoms with Gasteiger partial charge < -0.3 is 10.2 Å². The minimum Gasteiger partial charge on any atom is -0.368 e. The number of nitrogens with one attached hydrogen (secondary N) is 1. The Hall–Kier alpha value is -0.840. The monoisotopic (exact) mass is 383 g/mol. The number of anilines is 1. The summed E-state index contributed by atoms with van der Waals surface area (Å²) in [6.45, 7) is 8.60. The van der Waals surface area contributed by atoms with Gasteiger partial charge in [0.1, 0.15) is 0 Å². The lowest BCUT2D eigenvalue weighted by Gasteiger charge is -2.31. The van der Waals surface area contributed by atoms with Gasteiger partial charge in [-0.25, -0.2) is 0 Å². The van der Waals surface area contributed by atoms with Crippen molar-refractivity contribution < 1.29 is 0 Å². The van der Waals surface area contributed by atoms with E-state index in [0.717, 1.165) is 49.0 Å². The maximum Gasteiger partial charge on any atom is 0.0868 e. The van der Waals surface area contributed by atoms with Gasteiger partial charge in [-0.15, -0.1) is 12.4 Å². The number of hydrogen-bond acceptors (Lipinski definition) is 3. The molecule has 0 unspecified atom stereocenters. The number of fused-ring (bicyclic) bond motifs is 1. The molecule has 120 valence electrons. The molecule has 0 atom stereocenters. The normalized spacial score (nSPS) is 15.0. The van der Waals surface area contributed by atoms with Crippen LogP contribution in [0.3, 0.4) is 0 Å². The molecular weight excluding hydrogens is 362 g/mol. The van der Waals surface area contributed by atoms with Gasteiger partial charge in [-0.3, -0.25) is 4.98 Å². The van der Waals surface area contributed by atoms with E-state index < -0.39 is 0 Å². The van der Waals surface area contributed by atoms with Crippen LogP contribution in [0.15, 0.2) is 22.7 Å². The molecule has 2 heterocycles. The molecule has 3 nitrogen and oxygen atoms in total. The quantitative estimate of drug-likeness (QED) is 0.864. The maximum absolute atomic E-state index is 4.87. The van der Waals surface area contributed by atoms with Gasteiger partial charge in [0.25, 0.3) is 0 Å². The Morgan fingerprint density at radius 2 is 1.95 bits per heavy atom. The molecule has 3 rings (SSSR count). The Kier molecular flexibility index (Phi) is 6.07. The van der Waals surface area contributed by atoms with Crippen LogP contribution in [0.25, 0.3) is 10.9 Å². The first-order chi connectivity index (χ1) is 10.2. The highest BCUT2D eigenvalue weighted by Crippen LogP contribution is 2.33. The number of halogens is 2. The molecule has 1 aromatic carbocycles. The number of piperazine rings is 1. The zero-order valence-electron chi connectivity index (χ0n) is 13.2. The van der Waals surface area contributed by atoms with Crippen molar-refractivity contribution in [2.45, 2.75) is 26.7 Å². The first kappa shape index (κ1) is 17.5. The van der Waals surface area contributed by atoms with Gasteiger partial charge in [-0.2, -0.15) is 0 Å². The summed E-state index contributed by atoms with van der Waals surface area (Å²) in [5.74, 6) is 0. The van der Waals surface area contributed by atoms with E-state index in [9.17, 15) is 0 Å².